The normalized spacial score (nSPS) is 13.2. The molecule has 0 amide bonds. The van der Waals surface area contributed by atoms with Crippen LogP contribution in [0, 0.1) is 18.3 Å². The summed E-state index contributed by atoms with van der Waals surface area (Å²) < 4.78 is 0. The fourth-order valence-electron chi connectivity index (χ4n) is 2.20. The summed E-state index contributed by atoms with van der Waals surface area (Å²) in [6.07, 6.45) is 1.59. The van der Waals surface area contributed by atoms with Gasteiger partial charge < -0.3 is 0 Å². The van der Waals surface area contributed by atoms with E-state index in [1.165, 1.54) is 16.7 Å². The zero-order chi connectivity index (χ0) is 13.1. The van der Waals surface area contributed by atoms with Crippen molar-refractivity contribution in [3.63, 3.8) is 0 Å². The van der Waals surface area contributed by atoms with Crippen molar-refractivity contribution in [3.8, 4) is 6.07 Å². The monoisotopic (exact) mass is 229 g/mol. The first kappa shape index (κ1) is 13.8. The van der Waals surface area contributed by atoms with E-state index in [1.807, 2.05) is 0 Å². The van der Waals surface area contributed by atoms with Crippen LogP contribution in [0.1, 0.15) is 63.1 Å². The molecule has 1 aromatic rings. The molecule has 1 aromatic carbocycles. The SMILES string of the molecule is Cc1ccc(C(C)CCC#N)cc1C(C)(C)C. The zero-order valence-corrected chi connectivity index (χ0v) is 11.7. The molecule has 1 unspecified atom stereocenters. The average Bonchev–Trinajstić information content (AvgIpc) is 2.25. The fourth-order valence-corrected chi connectivity index (χ4v) is 2.20. The molecule has 1 heteroatoms. The Labute approximate surface area is 105 Å². The van der Waals surface area contributed by atoms with E-state index in [0.717, 1.165) is 6.42 Å². The Morgan fingerprint density at radius 1 is 1.29 bits per heavy atom. The lowest BCUT2D eigenvalue weighted by Crippen LogP contribution is -2.13. The van der Waals surface area contributed by atoms with Crippen molar-refractivity contribution in [3.05, 3.63) is 34.9 Å². The second kappa shape index (κ2) is 5.36. The number of hydrogen-bond acceptors (Lipinski definition) is 1. The maximum atomic E-state index is 8.64. The summed E-state index contributed by atoms with van der Waals surface area (Å²) in [6.45, 7) is 11.1. The molecule has 0 bridgehead atoms. The van der Waals surface area contributed by atoms with Crippen molar-refractivity contribution in [1.29, 1.82) is 5.26 Å². The number of hydrogen-bond donors (Lipinski definition) is 0. The molecular formula is C16H23N. The van der Waals surface area contributed by atoms with E-state index in [1.54, 1.807) is 0 Å². The third-order valence-corrected chi connectivity index (χ3v) is 3.33. The Bertz CT molecular complexity index is 418. The molecule has 1 rings (SSSR count). The Balaban J connectivity index is 3.01. The van der Waals surface area contributed by atoms with Gasteiger partial charge in [0, 0.05) is 6.42 Å². The lowest BCUT2D eigenvalue weighted by atomic mass is 9.81. The van der Waals surface area contributed by atoms with E-state index in [9.17, 15) is 0 Å². The van der Waals surface area contributed by atoms with Crippen LogP contribution in [-0.2, 0) is 5.41 Å². The Hall–Kier alpha value is -1.29. The number of nitrogens with zero attached hydrogens (tertiary/aromatic N) is 1. The molecule has 0 aliphatic rings. The minimum Gasteiger partial charge on any atom is -0.198 e. The average molecular weight is 229 g/mol. The van der Waals surface area contributed by atoms with Crippen molar-refractivity contribution in [2.24, 2.45) is 0 Å². The first-order valence-corrected chi connectivity index (χ1v) is 6.34. The smallest absolute Gasteiger partial charge is 0.0621 e. The summed E-state index contributed by atoms with van der Waals surface area (Å²) in [5, 5.41) is 8.64. The van der Waals surface area contributed by atoms with Crippen molar-refractivity contribution in [1.82, 2.24) is 0 Å². The van der Waals surface area contributed by atoms with Gasteiger partial charge in [-0.2, -0.15) is 5.26 Å². The highest BCUT2D eigenvalue weighted by molar-refractivity contribution is 5.37. The molecule has 0 fully saturated rings. The summed E-state index contributed by atoms with van der Waals surface area (Å²) in [5.41, 5.74) is 4.32. The van der Waals surface area contributed by atoms with Gasteiger partial charge in [0.15, 0.2) is 0 Å². The van der Waals surface area contributed by atoms with Crippen LogP contribution in [0.25, 0.3) is 0 Å². The molecule has 1 nitrogen and oxygen atoms in total. The highest BCUT2D eigenvalue weighted by Crippen LogP contribution is 2.30. The second-order valence-corrected chi connectivity index (χ2v) is 5.92. The van der Waals surface area contributed by atoms with Crippen molar-refractivity contribution < 1.29 is 0 Å². The van der Waals surface area contributed by atoms with Crippen LogP contribution in [0.15, 0.2) is 18.2 Å². The summed E-state index contributed by atoms with van der Waals surface area (Å²) in [7, 11) is 0. The van der Waals surface area contributed by atoms with Gasteiger partial charge in [0.05, 0.1) is 6.07 Å². The van der Waals surface area contributed by atoms with E-state index in [2.05, 4.69) is 58.9 Å². The molecule has 0 spiro atoms. The standard InChI is InChI=1S/C16H23N/c1-12(7-6-10-17)14-9-8-13(2)15(11-14)16(3,4)5/h8-9,11-12H,6-7H2,1-5H3. The first-order chi connectivity index (χ1) is 7.86. The Morgan fingerprint density at radius 2 is 1.94 bits per heavy atom. The molecule has 0 N–H and O–H groups in total. The van der Waals surface area contributed by atoms with Crippen molar-refractivity contribution in [2.45, 2.75) is 58.8 Å². The van der Waals surface area contributed by atoms with Gasteiger partial charge in [-0.3, -0.25) is 0 Å². The quantitative estimate of drug-likeness (QED) is 0.737. The largest absolute Gasteiger partial charge is 0.198 e. The van der Waals surface area contributed by atoms with Crippen LogP contribution < -0.4 is 0 Å². The molecule has 0 aromatic heterocycles. The zero-order valence-electron chi connectivity index (χ0n) is 11.7. The number of rotatable bonds is 3. The number of benzene rings is 1. The third-order valence-electron chi connectivity index (χ3n) is 3.33. The minimum absolute atomic E-state index is 0.190. The van der Waals surface area contributed by atoms with Gasteiger partial charge in [0.1, 0.15) is 0 Å². The molecule has 0 heterocycles. The molecule has 17 heavy (non-hydrogen) atoms. The molecule has 1 atom stereocenters. The predicted molar refractivity (Wildman–Crippen MR) is 73.1 cm³/mol. The van der Waals surface area contributed by atoms with Crippen LogP contribution in [0.4, 0.5) is 0 Å². The number of nitriles is 1. The van der Waals surface area contributed by atoms with Gasteiger partial charge in [-0.25, -0.2) is 0 Å². The second-order valence-electron chi connectivity index (χ2n) is 5.92. The van der Waals surface area contributed by atoms with E-state index in [4.69, 9.17) is 5.26 Å². The topological polar surface area (TPSA) is 23.8 Å². The van der Waals surface area contributed by atoms with Crippen LogP contribution in [-0.4, -0.2) is 0 Å². The van der Waals surface area contributed by atoms with Gasteiger partial charge in [0.25, 0.3) is 0 Å². The van der Waals surface area contributed by atoms with Crippen LogP contribution in [0.5, 0.6) is 0 Å². The molecule has 0 saturated carbocycles. The first-order valence-electron chi connectivity index (χ1n) is 6.34. The van der Waals surface area contributed by atoms with Gasteiger partial charge in [-0.1, -0.05) is 45.9 Å². The van der Waals surface area contributed by atoms with E-state index in [-0.39, 0.29) is 5.41 Å². The van der Waals surface area contributed by atoms with Crippen molar-refractivity contribution >= 4 is 0 Å². The lowest BCUT2D eigenvalue weighted by molar-refractivity contribution is 0.582. The summed E-state index contributed by atoms with van der Waals surface area (Å²) >= 11 is 0. The predicted octanol–water partition coefficient (Wildman–Crippen LogP) is 4.70. The fraction of sp³-hybridized carbons (Fsp3) is 0.562. The Morgan fingerprint density at radius 3 is 2.47 bits per heavy atom. The molecule has 0 saturated heterocycles. The summed E-state index contributed by atoms with van der Waals surface area (Å²) in [5.74, 6) is 0.469. The highest BCUT2D eigenvalue weighted by Gasteiger charge is 2.17. The third kappa shape index (κ3) is 3.60. The molecule has 0 aliphatic heterocycles. The van der Waals surface area contributed by atoms with Crippen molar-refractivity contribution in [2.75, 3.05) is 0 Å². The lowest BCUT2D eigenvalue weighted by Gasteiger charge is -2.23. The van der Waals surface area contributed by atoms with Gasteiger partial charge >= 0.3 is 0 Å². The maximum Gasteiger partial charge on any atom is 0.0621 e. The van der Waals surface area contributed by atoms with Crippen LogP contribution in [0.2, 0.25) is 0 Å². The van der Waals surface area contributed by atoms with Crippen LogP contribution >= 0.6 is 0 Å². The molecule has 92 valence electrons. The summed E-state index contributed by atoms with van der Waals surface area (Å²) in [6, 6.07) is 8.95. The van der Waals surface area contributed by atoms with Gasteiger partial charge in [-0.05, 0) is 41.4 Å². The summed E-state index contributed by atoms with van der Waals surface area (Å²) in [4.78, 5) is 0. The van der Waals surface area contributed by atoms with Crippen LogP contribution in [0.3, 0.4) is 0 Å². The van der Waals surface area contributed by atoms with Gasteiger partial charge in [0.2, 0.25) is 0 Å². The maximum absolute atomic E-state index is 8.64. The number of aryl methyl sites for hydroxylation is 1. The van der Waals surface area contributed by atoms with E-state index in [0.29, 0.717) is 12.3 Å². The molecular weight excluding hydrogens is 206 g/mol. The van der Waals surface area contributed by atoms with Gasteiger partial charge in [-0.15, -0.1) is 0 Å². The highest BCUT2D eigenvalue weighted by atomic mass is 14.2. The minimum atomic E-state index is 0.190. The molecule has 0 radical (unpaired) electrons. The Kier molecular flexibility index (Phi) is 4.34. The van der Waals surface area contributed by atoms with E-state index >= 15 is 0 Å². The van der Waals surface area contributed by atoms with E-state index < -0.39 is 0 Å². The molecule has 0 aliphatic carbocycles.